The molecule has 3 rings (SSSR count). The van der Waals surface area contributed by atoms with Gasteiger partial charge in [0.1, 0.15) is 0 Å². The first-order valence-electron chi connectivity index (χ1n) is 7.53. The van der Waals surface area contributed by atoms with E-state index in [4.69, 9.17) is 0 Å². The Morgan fingerprint density at radius 2 is 2.10 bits per heavy atom. The zero-order valence-electron chi connectivity index (χ0n) is 12.5. The van der Waals surface area contributed by atoms with Gasteiger partial charge in [0.25, 0.3) is 0 Å². The van der Waals surface area contributed by atoms with Gasteiger partial charge in [-0.2, -0.15) is 0 Å². The number of likely N-dealkylation sites (tertiary alicyclic amines) is 1. The number of piperidine rings is 1. The largest absolute Gasteiger partial charge is 0.325 e. The van der Waals surface area contributed by atoms with Gasteiger partial charge in [-0.15, -0.1) is 12.4 Å². The summed E-state index contributed by atoms with van der Waals surface area (Å²) in [4.78, 5) is 14.4. The molecule has 0 aliphatic carbocycles. The zero-order chi connectivity index (χ0) is 13.9. The molecule has 0 bridgehead atoms. The van der Waals surface area contributed by atoms with E-state index in [1.54, 1.807) is 0 Å². The molecule has 5 heteroatoms. The highest BCUT2D eigenvalue weighted by atomic mass is 35.5. The van der Waals surface area contributed by atoms with E-state index in [1.807, 2.05) is 31.2 Å². The highest BCUT2D eigenvalue weighted by molar-refractivity contribution is 5.92. The average Bonchev–Trinajstić information content (AvgIpc) is 2.89. The summed E-state index contributed by atoms with van der Waals surface area (Å²) in [6.45, 7) is 5.77. The lowest BCUT2D eigenvalue weighted by atomic mass is 9.93. The molecular formula is C16H24ClN3O. The van der Waals surface area contributed by atoms with Crippen LogP contribution in [0, 0.1) is 12.8 Å². The van der Waals surface area contributed by atoms with Crippen LogP contribution in [0.4, 0.5) is 5.69 Å². The van der Waals surface area contributed by atoms with Crippen molar-refractivity contribution in [3.8, 4) is 0 Å². The summed E-state index contributed by atoms with van der Waals surface area (Å²) < 4.78 is 0. The van der Waals surface area contributed by atoms with E-state index >= 15 is 0 Å². The van der Waals surface area contributed by atoms with Crippen molar-refractivity contribution in [2.24, 2.45) is 5.92 Å². The zero-order valence-corrected chi connectivity index (χ0v) is 13.3. The van der Waals surface area contributed by atoms with Crippen molar-refractivity contribution in [2.45, 2.75) is 25.8 Å². The second kappa shape index (κ2) is 7.25. The van der Waals surface area contributed by atoms with Crippen molar-refractivity contribution in [1.29, 1.82) is 0 Å². The van der Waals surface area contributed by atoms with Crippen molar-refractivity contribution in [2.75, 3.05) is 31.5 Å². The lowest BCUT2D eigenvalue weighted by molar-refractivity contribution is -0.117. The second-order valence-electron chi connectivity index (χ2n) is 6.05. The van der Waals surface area contributed by atoms with E-state index in [0.717, 1.165) is 31.2 Å². The van der Waals surface area contributed by atoms with Crippen LogP contribution >= 0.6 is 12.4 Å². The van der Waals surface area contributed by atoms with Crippen molar-refractivity contribution >= 4 is 24.0 Å². The van der Waals surface area contributed by atoms with Gasteiger partial charge in [0.2, 0.25) is 5.91 Å². The minimum absolute atomic E-state index is 0. The third-order valence-corrected chi connectivity index (χ3v) is 4.44. The molecule has 1 amide bonds. The predicted octanol–water partition coefficient (Wildman–Crippen LogP) is 2.04. The maximum Gasteiger partial charge on any atom is 0.238 e. The van der Waals surface area contributed by atoms with Gasteiger partial charge < -0.3 is 10.6 Å². The maximum atomic E-state index is 12.1. The second-order valence-corrected chi connectivity index (χ2v) is 6.05. The smallest absolute Gasteiger partial charge is 0.238 e. The molecule has 2 N–H and O–H groups in total. The van der Waals surface area contributed by atoms with Crippen LogP contribution in [0.1, 0.15) is 18.4 Å². The third-order valence-electron chi connectivity index (χ3n) is 4.44. The topological polar surface area (TPSA) is 44.4 Å². The van der Waals surface area contributed by atoms with Crippen molar-refractivity contribution in [3.05, 3.63) is 29.8 Å². The fraction of sp³-hybridized carbons (Fsp3) is 0.562. The van der Waals surface area contributed by atoms with E-state index in [-0.39, 0.29) is 18.3 Å². The molecule has 0 spiro atoms. The van der Waals surface area contributed by atoms with E-state index in [9.17, 15) is 4.79 Å². The molecule has 2 aliphatic rings. The molecule has 1 aromatic rings. The fourth-order valence-corrected chi connectivity index (χ4v) is 3.31. The highest BCUT2D eigenvalue weighted by Gasteiger charge is 2.32. The van der Waals surface area contributed by atoms with Gasteiger partial charge in [-0.3, -0.25) is 9.69 Å². The molecule has 0 aromatic heterocycles. The highest BCUT2D eigenvalue weighted by Crippen LogP contribution is 2.24. The van der Waals surface area contributed by atoms with Crippen LogP contribution < -0.4 is 10.6 Å². The van der Waals surface area contributed by atoms with E-state index in [0.29, 0.717) is 12.6 Å². The number of carbonyl (C=O) groups excluding carboxylic acids is 1. The molecule has 2 unspecified atom stereocenters. The summed E-state index contributed by atoms with van der Waals surface area (Å²) in [6.07, 6.45) is 2.42. The first kappa shape index (κ1) is 16.3. The van der Waals surface area contributed by atoms with E-state index in [2.05, 4.69) is 15.5 Å². The van der Waals surface area contributed by atoms with E-state index in [1.165, 1.54) is 18.4 Å². The molecule has 1 aromatic carbocycles. The molecule has 0 saturated carbocycles. The van der Waals surface area contributed by atoms with Gasteiger partial charge in [-0.1, -0.05) is 17.7 Å². The molecule has 2 fully saturated rings. The number of rotatable bonds is 3. The molecule has 2 saturated heterocycles. The Morgan fingerprint density at radius 1 is 1.33 bits per heavy atom. The number of aryl methyl sites for hydroxylation is 1. The summed E-state index contributed by atoms with van der Waals surface area (Å²) in [5.41, 5.74) is 2.09. The first-order chi connectivity index (χ1) is 9.70. The van der Waals surface area contributed by atoms with Gasteiger partial charge >= 0.3 is 0 Å². The Hall–Kier alpha value is -1.10. The quantitative estimate of drug-likeness (QED) is 0.898. The van der Waals surface area contributed by atoms with Crippen LogP contribution in [0.3, 0.4) is 0 Å². The van der Waals surface area contributed by atoms with Gasteiger partial charge in [0.05, 0.1) is 6.54 Å². The van der Waals surface area contributed by atoms with Crippen molar-refractivity contribution in [1.82, 2.24) is 10.2 Å². The van der Waals surface area contributed by atoms with Gasteiger partial charge in [0.15, 0.2) is 0 Å². The Balaban J connectivity index is 0.00000161. The SMILES string of the molecule is Cc1ccc(NC(=O)CN2CCC3NCCC3C2)cc1.Cl. The number of halogens is 1. The van der Waals surface area contributed by atoms with Gasteiger partial charge in [0, 0.05) is 24.8 Å². The van der Waals surface area contributed by atoms with Crippen LogP contribution in [0.15, 0.2) is 24.3 Å². The van der Waals surface area contributed by atoms with Crippen LogP contribution in [-0.4, -0.2) is 43.0 Å². The molecule has 0 radical (unpaired) electrons. The molecule has 2 heterocycles. The summed E-state index contributed by atoms with van der Waals surface area (Å²) in [5, 5.41) is 6.53. The number of nitrogens with zero attached hydrogens (tertiary/aromatic N) is 1. The van der Waals surface area contributed by atoms with Gasteiger partial charge in [-0.05, 0) is 44.4 Å². The van der Waals surface area contributed by atoms with Crippen LogP contribution in [0.2, 0.25) is 0 Å². The first-order valence-corrected chi connectivity index (χ1v) is 7.53. The maximum absolute atomic E-state index is 12.1. The Bertz CT molecular complexity index is 477. The Morgan fingerprint density at radius 3 is 2.86 bits per heavy atom. The number of benzene rings is 1. The number of fused-ring (bicyclic) bond motifs is 1. The number of amides is 1. The monoisotopic (exact) mass is 309 g/mol. The summed E-state index contributed by atoms with van der Waals surface area (Å²) in [5.74, 6) is 0.828. The molecule has 2 aliphatic heterocycles. The lowest BCUT2D eigenvalue weighted by Gasteiger charge is -2.34. The minimum Gasteiger partial charge on any atom is -0.325 e. The molecule has 4 nitrogen and oxygen atoms in total. The summed E-state index contributed by atoms with van der Waals surface area (Å²) >= 11 is 0. The number of hydrogen-bond donors (Lipinski definition) is 2. The summed E-state index contributed by atoms with van der Waals surface area (Å²) in [6, 6.07) is 8.64. The molecule has 21 heavy (non-hydrogen) atoms. The van der Waals surface area contributed by atoms with Crippen LogP contribution in [0.25, 0.3) is 0 Å². The number of hydrogen-bond acceptors (Lipinski definition) is 3. The fourth-order valence-electron chi connectivity index (χ4n) is 3.31. The summed E-state index contributed by atoms with van der Waals surface area (Å²) in [7, 11) is 0. The van der Waals surface area contributed by atoms with Crippen LogP contribution in [0.5, 0.6) is 0 Å². The van der Waals surface area contributed by atoms with Crippen LogP contribution in [-0.2, 0) is 4.79 Å². The lowest BCUT2D eigenvalue weighted by Crippen LogP contribution is -2.46. The van der Waals surface area contributed by atoms with Crippen molar-refractivity contribution < 1.29 is 4.79 Å². The third kappa shape index (κ3) is 4.19. The van der Waals surface area contributed by atoms with E-state index < -0.39 is 0 Å². The Kier molecular flexibility index (Phi) is 5.62. The Labute approximate surface area is 132 Å². The van der Waals surface area contributed by atoms with Gasteiger partial charge in [-0.25, -0.2) is 0 Å². The molecule has 2 atom stereocenters. The average molecular weight is 310 g/mol. The molecule has 116 valence electrons. The predicted molar refractivity (Wildman–Crippen MR) is 88.0 cm³/mol. The number of nitrogens with one attached hydrogen (secondary N) is 2. The van der Waals surface area contributed by atoms with Crippen molar-refractivity contribution in [3.63, 3.8) is 0 Å². The number of carbonyl (C=O) groups is 1. The minimum atomic E-state index is 0. The normalized spacial score (nSPS) is 25.0. The standard InChI is InChI=1S/C16H23N3O.ClH/c1-12-2-4-14(5-3-12)18-16(20)11-19-9-7-15-13(10-19)6-8-17-15;/h2-5,13,15,17H,6-11H2,1H3,(H,18,20);1H. The molecular weight excluding hydrogens is 286 g/mol. The number of anilines is 1.